The first-order valence-corrected chi connectivity index (χ1v) is 6.84. The lowest BCUT2D eigenvalue weighted by molar-refractivity contribution is -0.139. The van der Waals surface area contributed by atoms with Gasteiger partial charge in [0.25, 0.3) is 0 Å². The van der Waals surface area contributed by atoms with Crippen LogP contribution in [0.3, 0.4) is 0 Å². The van der Waals surface area contributed by atoms with Gasteiger partial charge in [-0.05, 0) is 26.7 Å². The zero-order valence-electron chi connectivity index (χ0n) is 8.20. The molecule has 0 aliphatic heterocycles. The molecular weight excluding hydrogens is 187 g/mol. The van der Waals surface area contributed by atoms with Gasteiger partial charge in [0.05, 0.1) is 7.14 Å². The van der Waals surface area contributed by atoms with Gasteiger partial charge in [-0.15, -0.1) is 5.92 Å². The molecule has 0 spiro atoms. The lowest BCUT2D eigenvalue weighted by atomic mass is 10.1. The van der Waals surface area contributed by atoms with Crippen molar-refractivity contribution in [1.29, 1.82) is 0 Å². The third-order valence-corrected chi connectivity index (χ3v) is 2.91. The number of hydrogen-bond acceptors (Lipinski definition) is 2. The van der Waals surface area contributed by atoms with Crippen LogP contribution in [0.4, 0.5) is 0 Å². The predicted octanol–water partition coefficient (Wildman–Crippen LogP) is 1.72. The number of carboxylic acid groups (broad SMARTS) is 1. The van der Waals surface area contributed by atoms with E-state index in [1.807, 2.05) is 0 Å². The van der Waals surface area contributed by atoms with Crippen molar-refractivity contribution in [3.63, 3.8) is 0 Å². The first-order chi connectivity index (χ1) is 5.87. The Labute approximate surface area is 78.9 Å². The summed E-state index contributed by atoms with van der Waals surface area (Å²) in [5.41, 5.74) is 0. The summed E-state index contributed by atoms with van der Waals surface area (Å²) in [5.74, 6) is 3.55. The van der Waals surface area contributed by atoms with Crippen LogP contribution in [0.1, 0.15) is 13.3 Å². The monoisotopic (exact) mass is 202 g/mol. The van der Waals surface area contributed by atoms with E-state index in [0.29, 0.717) is 12.6 Å². The molecule has 0 aromatic rings. The van der Waals surface area contributed by atoms with Crippen molar-refractivity contribution < 1.29 is 14.5 Å². The van der Waals surface area contributed by atoms with Crippen molar-refractivity contribution in [3.05, 3.63) is 0 Å². The molecule has 0 bridgehead atoms. The molecule has 0 rings (SSSR count). The molecule has 0 aromatic carbocycles. The second-order valence-electron chi connectivity index (χ2n) is 3.37. The van der Waals surface area contributed by atoms with Gasteiger partial charge in [0, 0.05) is 6.16 Å². The van der Waals surface area contributed by atoms with E-state index in [4.69, 9.17) is 5.11 Å². The standard InChI is InChI=1S/C9H15O3P/c1-4-5-8(9(10)11)6-7-13(2,3)12/h8H,6-7H2,1-3H3,(H,10,11). The summed E-state index contributed by atoms with van der Waals surface area (Å²) in [7, 11) is -2.11. The molecule has 0 amide bonds. The van der Waals surface area contributed by atoms with E-state index in [0.717, 1.165) is 0 Å². The number of hydrogen-bond donors (Lipinski definition) is 1. The van der Waals surface area contributed by atoms with Gasteiger partial charge in [-0.1, -0.05) is 5.92 Å². The van der Waals surface area contributed by atoms with Gasteiger partial charge in [-0.2, -0.15) is 0 Å². The van der Waals surface area contributed by atoms with E-state index in [1.54, 1.807) is 20.3 Å². The van der Waals surface area contributed by atoms with Gasteiger partial charge in [0.15, 0.2) is 0 Å². The van der Waals surface area contributed by atoms with Gasteiger partial charge >= 0.3 is 5.97 Å². The van der Waals surface area contributed by atoms with E-state index in [9.17, 15) is 9.36 Å². The molecule has 74 valence electrons. The Morgan fingerprint density at radius 3 is 2.38 bits per heavy atom. The van der Waals surface area contributed by atoms with Crippen LogP contribution < -0.4 is 0 Å². The normalized spacial score (nSPS) is 12.8. The Morgan fingerprint density at radius 2 is 2.08 bits per heavy atom. The SMILES string of the molecule is CC#CC(CCP(C)(C)=O)C(=O)O. The Hall–Kier alpha value is -0.740. The molecule has 1 unspecified atom stereocenters. The summed E-state index contributed by atoms with van der Waals surface area (Å²) in [6.07, 6.45) is 0.819. The zero-order valence-corrected chi connectivity index (χ0v) is 9.10. The van der Waals surface area contributed by atoms with Gasteiger partial charge in [-0.3, -0.25) is 4.79 Å². The summed E-state index contributed by atoms with van der Waals surface area (Å²) >= 11 is 0. The second kappa shape index (κ2) is 5.09. The molecular formula is C9H15O3P. The van der Waals surface area contributed by atoms with Crippen LogP contribution in [-0.2, 0) is 9.36 Å². The lowest BCUT2D eigenvalue weighted by Gasteiger charge is -2.08. The zero-order chi connectivity index (χ0) is 10.5. The van der Waals surface area contributed by atoms with Crippen LogP contribution in [0.5, 0.6) is 0 Å². The minimum atomic E-state index is -2.11. The molecule has 0 fully saturated rings. The van der Waals surface area contributed by atoms with Crippen LogP contribution in [-0.4, -0.2) is 30.6 Å². The average molecular weight is 202 g/mol. The molecule has 1 atom stereocenters. The molecule has 0 aliphatic carbocycles. The van der Waals surface area contributed by atoms with E-state index in [2.05, 4.69) is 11.8 Å². The van der Waals surface area contributed by atoms with Crippen molar-refractivity contribution in [3.8, 4) is 11.8 Å². The van der Waals surface area contributed by atoms with Gasteiger partial charge in [-0.25, -0.2) is 0 Å². The second-order valence-corrected chi connectivity index (χ2v) is 6.97. The largest absolute Gasteiger partial charge is 0.480 e. The fourth-order valence-corrected chi connectivity index (χ4v) is 1.75. The number of aliphatic carboxylic acids is 1. The summed E-state index contributed by atoms with van der Waals surface area (Å²) in [6, 6.07) is 0. The highest BCUT2D eigenvalue weighted by atomic mass is 31.2. The molecule has 0 saturated carbocycles. The quantitative estimate of drug-likeness (QED) is 0.557. The van der Waals surface area contributed by atoms with Crippen LogP contribution in [0, 0.1) is 17.8 Å². The van der Waals surface area contributed by atoms with E-state index in [1.165, 1.54) is 0 Å². The van der Waals surface area contributed by atoms with Crippen LogP contribution in [0.15, 0.2) is 0 Å². The summed E-state index contributed by atoms with van der Waals surface area (Å²) in [5, 5.41) is 8.71. The number of rotatable bonds is 4. The van der Waals surface area contributed by atoms with Crippen LogP contribution >= 0.6 is 7.14 Å². The predicted molar refractivity (Wildman–Crippen MR) is 53.5 cm³/mol. The first-order valence-electron chi connectivity index (χ1n) is 4.06. The Morgan fingerprint density at radius 1 is 1.54 bits per heavy atom. The van der Waals surface area contributed by atoms with E-state index >= 15 is 0 Å². The maximum absolute atomic E-state index is 11.3. The van der Waals surface area contributed by atoms with Gasteiger partial charge < -0.3 is 9.67 Å². The van der Waals surface area contributed by atoms with Crippen molar-refractivity contribution in [1.82, 2.24) is 0 Å². The Balaban J connectivity index is 4.19. The summed E-state index contributed by atoms with van der Waals surface area (Å²) < 4.78 is 11.3. The minimum Gasteiger partial charge on any atom is -0.480 e. The summed E-state index contributed by atoms with van der Waals surface area (Å²) in [4.78, 5) is 10.6. The molecule has 0 saturated heterocycles. The highest BCUT2D eigenvalue weighted by Gasteiger charge is 2.17. The molecule has 0 radical (unpaired) electrons. The van der Waals surface area contributed by atoms with Crippen molar-refractivity contribution in [2.75, 3.05) is 19.5 Å². The van der Waals surface area contributed by atoms with Crippen LogP contribution in [0.2, 0.25) is 0 Å². The third kappa shape index (κ3) is 6.42. The lowest BCUT2D eigenvalue weighted by Crippen LogP contribution is -2.13. The number of carboxylic acids is 1. The van der Waals surface area contributed by atoms with Crippen molar-refractivity contribution in [2.45, 2.75) is 13.3 Å². The molecule has 0 aliphatic rings. The van der Waals surface area contributed by atoms with Crippen molar-refractivity contribution in [2.24, 2.45) is 5.92 Å². The molecule has 4 heteroatoms. The maximum Gasteiger partial charge on any atom is 0.318 e. The van der Waals surface area contributed by atoms with Gasteiger partial charge in [0.1, 0.15) is 5.92 Å². The molecule has 1 N–H and O–H groups in total. The average Bonchev–Trinajstić information content (AvgIpc) is 1.95. The third-order valence-electron chi connectivity index (χ3n) is 1.57. The fraction of sp³-hybridized carbons (Fsp3) is 0.667. The maximum atomic E-state index is 11.3. The molecule has 13 heavy (non-hydrogen) atoms. The first kappa shape index (κ1) is 12.3. The molecule has 0 aromatic heterocycles. The minimum absolute atomic E-state index is 0.375. The Bertz CT molecular complexity index is 279. The number of carbonyl (C=O) groups is 1. The smallest absolute Gasteiger partial charge is 0.318 e. The van der Waals surface area contributed by atoms with Gasteiger partial charge in [0.2, 0.25) is 0 Å². The highest BCUT2D eigenvalue weighted by molar-refractivity contribution is 7.62. The van der Waals surface area contributed by atoms with E-state index < -0.39 is 19.0 Å². The van der Waals surface area contributed by atoms with Crippen molar-refractivity contribution >= 4 is 13.1 Å². The topological polar surface area (TPSA) is 54.4 Å². The molecule has 3 nitrogen and oxygen atoms in total. The highest BCUT2D eigenvalue weighted by Crippen LogP contribution is 2.37. The summed E-state index contributed by atoms with van der Waals surface area (Å²) in [6.45, 7) is 4.92. The van der Waals surface area contributed by atoms with E-state index in [-0.39, 0.29) is 0 Å². The molecule has 0 heterocycles. The van der Waals surface area contributed by atoms with Crippen LogP contribution in [0.25, 0.3) is 0 Å². The fourth-order valence-electron chi connectivity index (χ4n) is 0.872. The Kier molecular flexibility index (Phi) is 4.80.